The van der Waals surface area contributed by atoms with E-state index < -0.39 is 0 Å². The molecule has 5 rings (SSSR count). The van der Waals surface area contributed by atoms with Crippen LogP contribution in [0.1, 0.15) is 31.2 Å². The molecule has 8 nitrogen and oxygen atoms in total. The summed E-state index contributed by atoms with van der Waals surface area (Å²) in [6.07, 6.45) is 8.88. The number of pyridine rings is 1. The van der Waals surface area contributed by atoms with Crippen molar-refractivity contribution in [1.82, 2.24) is 15.0 Å². The molecule has 2 aromatic heterocycles. The number of rotatable bonds is 7. The van der Waals surface area contributed by atoms with E-state index in [1.165, 1.54) is 0 Å². The molecule has 4 aromatic rings. The summed E-state index contributed by atoms with van der Waals surface area (Å²) in [6.45, 7) is 2.00. The van der Waals surface area contributed by atoms with Crippen molar-refractivity contribution in [2.45, 2.75) is 44.8 Å². The van der Waals surface area contributed by atoms with Crippen LogP contribution >= 0.6 is 24.8 Å². The van der Waals surface area contributed by atoms with Crippen LogP contribution < -0.4 is 25.3 Å². The summed E-state index contributed by atoms with van der Waals surface area (Å²) in [4.78, 5) is 13.0. The fourth-order valence-electron chi connectivity index (χ4n) is 4.31. The van der Waals surface area contributed by atoms with E-state index in [2.05, 4.69) is 20.3 Å². The lowest BCUT2D eigenvalue weighted by atomic mass is 9.94. The monoisotopic (exact) mass is 543 g/mol. The Bertz CT molecular complexity index is 1320. The Balaban J connectivity index is 0.00000190. The molecule has 196 valence electrons. The van der Waals surface area contributed by atoms with E-state index in [0.29, 0.717) is 23.1 Å². The molecule has 0 spiro atoms. The standard InChI is InChI=1S/C27H29N5O3.2ClH/c1-17-12-19(7-10-24(17)35-21-4-3-11-29-15-21)32-27-22-13-26(34-20-8-5-18(28)6-9-20)25(33-2)14-23(22)30-16-31-27;;/h3-4,7,10-16,18,20H,5-6,8-9,28H2,1-2H3,(H,30,31,32);2*1H. The van der Waals surface area contributed by atoms with Crippen molar-refractivity contribution >= 4 is 47.2 Å². The van der Waals surface area contributed by atoms with Crippen LogP contribution in [0.25, 0.3) is 10.9 Å². The predicted octanol–water partition coefficient (Wildman–Crippen LogP) is 6.37. The van der Waals surface area contributed by atoms with Crippen molar-refractivity contribution in [3.8, 4) is 23.0 Å². The Kier molecular flexibility index (Phi) is 9.74. The smallest absolute Gasteiger partial charge is 0.162 e. The van der Waals surface area contributed by atoms with Crippen LogP contribution in [0.15, 0.2) is 61.2 Å². The molecule has 0 aliphatic heterocycles. The largest absolute Gasteiger partial charge is 0.493 e. The first-order valence-corrected chi connectivity index (χ1v) is 11.8. The number of nitrogens with zero attached hydrogens (tertiary/aromatic N) is 3. The van der Waals surface area contributed by atoms with Crippen LogP contribution in [0.4, 0.5) is 11.5 Å². The average Bonchev–Trinajstić information content (AvgIpc) is 2.87. The first-order valence-electron chi connectivity index (χ1n) is 11.8. The third-order valence-corrected chi connectivity index (χ3v) is 6.23. The summed E-state index contributed by atoms with van der Waals surface area (Å²) in [7, 11) is 1.64. The number of hydrogen-bond acceptors (Lipinski definition) is 8. The third kappa shape index (κ3) is 6.71. The number of aryl methyl sites for hydroxylation is 1. The minimum atomic E-state index is 0. The number of methoxy groups -OCH3 is 1. The van der Waals surface area contributed by atoms with Gasteiger partial charge in [-0.25, -0.2) is 9.97 Å². The second-order valence-electron chi connectivity index (χ2n) is 8.79. The van der Waals surface area contributed by atoms with E-state index in [0.717, 1.165) is 53.6 Å². The van der Waals surface area contributed by atoms with Gasteiger partial charge in [-0.3, -0.25) is 4.98 Å². The third-order valence-electron chi connectivity index (χ3n) is 6.23. The zero-order chi connectivity index (χ0) is 24.2. The van der Waals surface area contributed by atoms with Crippen molar-refractivity contribution in [2.24, 2.45) is 5.73 Å². The molecule has 2 heterocycles. The Morgan fingerprint density at radius 3 is 2.46 bits per heavy atom. The summed E-state index contributed by atoms with van der Waals surface area (Å²) in [5, 5.41) is 4.27. The quantitative estimate of drug-likeness (QED) is 0.277. The van der Waals surface area contributed by atoms with Crippen LogP contribution in [0.3, 0.4) is 0 Å². The van der Waals surface area contributed by atoms with Gasteiger partial charge in [-0.2, -0.15) is 0 Å². The Labute approximate surface area is 228 Å². The summed E-state index contributed by atoms with van der Waals surface area (Å²) >= 11 is 0. The zero-order valence-corrected chi connectivity index (χ0v) is 22.3. The van der Waals surface area contributed by atoms with Crippen molar-refractivity contribution in [2.75, 3.05) is 12.4 Å². The van der Waals surface area contributed by atoms with Crippen LogP contribution in [0.5, 0.6) is 23.0 Å². The Hall–Kier alpha value is -3.33. The molecule has 1 aliphatic rings. The highest BCUT2D eigenvalue weighted by Crippen LogP contribution is 2.37. The number of aromatic nitrogens is 3. The summed E-state index contributed by atoms with van der Waals surface area (Å²) in [5.41, 5.74) is 8.70. The molecule has 0 atom stereocenters. The van der Waals surface area contributed by atoms with Crippen molar-refractivity contribution in [3.05, 3.63) is 66.7 Å². The van der Waals surface area contributed by atoms with Crippen LogP contribution in [0, 0.1) is 6.92 Å². The van der Waals surface area contributed by atoms with Crippen LogP contribution in [-0.4, -0.2) is 34.2 Å². The maximum absolute atomic E-state index is 6.34. The summed E-state index contributed by atoms with van der Waals surface area (Å²) in [5.74, 6) is 3.50. The van der Waals surface area contributed by atoms with Crippen molar-refractivity contribution < 1.29 is 14.2 Å². The maximum atomic E-state index is 6.34. The number of anilines is 2. The Morgan fingerprint density at radius 1 is 0.946 bits per heavy atom. The molecule has 0 radical (unpaired) electrons. The lowest BCUT2D eigenvalue weighted by molar-refractivity contribution is 0.142. The molecule has 0 bridgehead atoms. The van der Waals surface area contributed by atoms with Crippen molar-refractivity contribution in [3.63, 3.8) is 0 Å². The number of nitrogens with two attached hydrogens (primary N) is 1. The van der Waals surface area contributed by atoms with Crippen LogP contribution in [-0.2, 0) is 0 Å². The normalized spacial score (nSPS) is 16.7. The second kappa shape index (κ2) is 12.8. The summed E-state index contributed by atoms with van der Waals surface area (Å²) < 4.78 is 17.9. The molecular formula is C27H31Cl2N5O3. The number of nitrogens with one attached hydrogen (secondary N) is 1. The van der Waals surface area contributed by atoms with Gasteiger partial charge < -0.3 is 25.3 Å². The lowest BCUT2D eigenvalue weighted by Crippen LogP contribution is -2.31. The maximum Gasteiger partial charge on any atom is 0.162 e. The highest BCUT2D eigenvalue weighted by molar-refractivity contribution is 5.93. The van der Waals surface area contributed by atoms with Gasteiger partial charge in [-0.05, 0) is 74.6 Å². The molecule has 3 N–H and O–H groups in total. The molecular weight excluding hydrogens is 513 g/mol. The number of ether oxygens (including phenoxy) is 3. The molecule has 1 fully saturated rings. The molecule has 37 heavy (non-hydrogen) atoms. The van der Waals surface area contributed by atoms with Gasteiger partial charge in [0.2, 0.25) is 0 Å². The van der Waals surface area contributed by atoms with Gasteiger partial charge in [0, 0.05) is 29.4 Å². The molecule has 0 amide bonds. The van der Waals surface area contributed by atoms with Gasteiger partial charge in [0.1, 0.15) is 23.6 Å². The minimum Gasteiger partial charge on any atom is -0.493 e. The molecule has 2 aromatic carbocycles. The molecule has 10 heteroatoms. The number of benzene rings is 2. The van der Waals surface area contributed by atoms with Gasteiger partial charge in [0.05, 0.1) is 24.9 Å². The van der Waals surface area contributed by atoms with E-state index in [1.807, 2.05) is 49.4 Å². The van der Waals surface area contributed by atoms with Crippen LogP contribution in [0.2, 0.25) is 0 Å². The highest BCUT2D eigenvalue weighted by Gasteiger charge is 2.22. The van der Waals surface area contributed by atoms with E-state index in [9.17, 15) is 0 Å². The van der Waals surface area contributed by atoms with Gasteiger partial charge in [0.25, 0.3) is 0 Å². The van der Waals surface area contributed by atoms with Gasteiger partial charge in [-0.1, -0.05) is 0 Å². The first kappa shape index (κ1) is 28.2. The molecule has 0 saturated heterocycles. The first-order chi connectivity index (χ1) is 17.1. The molecule has 1 saturated carbocycles. The molecule has 0 unspecified atom stereocenters. The van der Waals surface area contributed by atoms with Crippen molar-refractivity contribution in [1.29, 1.82) is 0 Å². The minimum absolute atomic E-state index is 0. The van der Waals surface area contributed by atoms with Gasteiger partial charge >= 0.3 is 0 Å². The lowest BCUT2D eigenvalue weighted by Gasteiger charge is -2.27. The average molecular weight is 544 g/mol. The topological polar surface area (TPSA) is 104 Å². The predicted molar refractivity (Wildman–Crippen MR) is 150 cm³/mol. The van der Waals surface area contributed by atoms with E-state index in [4.69, 9.17) is 19.9 Å². The van der Waals surface area contributed by atoms with Gasteiger partial charge in [-0.15, -0.1) is 24.8 Å². The molecule has 1 aliphatic carbocycles. The summed E-state index contributed by atoms with van der Waals surface area (Å²) in [6, 6.07) is 13.7. The SMILES string of the molecule is COc1cc2ncnc(Nc3ccc(Oc4cccnc4)c(C)c3)c2cc1OC1CCC(N)CC1.Cl.Cl. The second-order valence-corrected chi connectivity index (χ2v) is 8.79. The fourth-order valence-corrected chi connectivity index (χ4v) is 4.31. The number of halogens is 2. The van der Waals surface area contributed by atoms with Gasteiger partial charge in [0.15, 0.2) is 11.5 Å². The Morgan fingerprint density at radius 2 is 1.76 bits per heavy atom. The van der Waals surface area contributed by atoms with E-state index >= 15 is 0 Å². The number of fused-ring (bicyclic) bond motifs is 1. The highest BCUT2D eigenvalue weighted by atomic mass is 35.5. The number of hydrogen-bond donors (Lipinski definition) is 2. The zero-order valence-electron chi connectivity index (χ0n) is 20.7. The van der Waals surface area contributed by atoms with E-state index in [-0.39, 0.29) is 37.0 Å². The van der Waals surface area contributed by atoms with E-state index in [1.54, 1.807) is 25.8 Å². The fraction of sp³-hybridized carbons (Fsp3) is 0.296.